The molecule has 1 atom stereocenters. The Kier molecular flexibility index (Phi) is 7.05. The molecule has 0 amide bonds. The van der Waals surface area contributed by atoms with E-state index in [1.165, 1.54) is 7.11 Å². The number of benzene rings is 1. The van der Waals surface area contributed by atoms with Crippen molar-refractivity contribution in [2.45, 2.75) is 31.6 Å². The number of carboxylic acids is 3. The van der Waals surface area contributed by atoms with Gasteiger partial charge in [0.1, 0.15) is 5.75 Å². The highest BCUT2D eigenvalue weighted by molar-refractivity contribution is 5.71. The largest absolute Gasteiger partial charge is 0.497 e. The van der Waals surface area contributed by atoms with Crippen LogP contribution in [-0.4, -0.2) is 40.3 Å². The number of carbonyl (C=O) groups is 3. The molecule has 0 aliphatic heterocycles. The number of carboxylic acid groups (broad SMARTS) is 3. The van der Waals surface area contributed by atoms with Crippen LogP contribution in [0.15, 0.2) is 24.3 Å². The fraction of sp³-hybridized carbons (Fsp3) is 0.438. The highest BCUT2D eigenvalue weighted by Gasteiger charge is 2.24. The van der Waals surface area contributed by atoms with Crippen LogP contribution in [0, 0.1) is 5.92 Å². The number of ether oxygens (including phenoxy) is 1. The molecule has 0 aliphatic rings. The molecule has 0 unspecified atom stereocenters. The van der Waals surface area contributed by atoms with E-state index in [-0.39, 0.29) is 25.7 Å². The van der Waals surface area contributed by atoms with Gasteiger partial charge in [-0.05, 0) is 36.0 Å². The lowest BCUT2D eigenvalue weighted by Crippen LogP contribution is -2.17. The summed E-state index contributed by atoms with van der Waals surface area (Å²) < 4.78 is 5.11. The van der Waals surface area contributed by atoms with E-state index in [9.17, 15) is 14.4 Å². The first-order chi connectivity index (χ1) is 10.8. The average molecular weight is 324 g/mol. The minimum atomic E-state index is -1.10. The summed E-state index contributed by atoms with van der Waals surface area (Å²) in [6.45, 7) is 0. The molecule has 0 heterocycles. The molecule has 0 bridgehead atoms. The molecule has 7 nitrogen and oxygen atoms in total. The lowest BCUT2D eigenvalue weighted by Gasteiger charge is -2.21. The van der Waals surface area contributed by atoms with Crippen LogP contribution in [0.3, 0.4) is 0 Å². The van der Waals surface area contributed by atoms with Gasteiger partial charge in [-0.1, -0.05) is 12.1 Å². The third-order valence-corrected chi connectivity index (χ3v) is 3.53. The summed E-state index contributed by atoms with van der Waals surface area (Å²) in [6.07, 6.45) is -0.667. The van der Waals surface area contributed by atoms with Gasteiger partial charge in [0.05, 0.1) is 13.5 Å². The van der Waals surface area contributed by atoms with Crippen molar-refractivity contribution >= 4 is 17.9 Å². The molecular formula is C16H20O7. The molecule has 1 rings (SSSR count). The molecule has 0 aliphatic carbocycles. The molecule has 1 aromatic rings. The van der Waals surface area contributed by atoms with Crippen molar-refractivity contribution in [1.29, 1.82) is 0 Å². The molecular weight excluding hydrogens is 304 g/mol. The molecule has 0 aromatic heterocycles. The van der Waals surface area contributed by atoms with Gasteiger partial charge in [-0.25, -0.2) is 0 Å². The normalized spacial score (nSPS) is 11.9. The SMILES string of the molecule is COc1cccc([C@@H](CC(=O)O)CC(CC(=O)O)CC(=O)O)c1. The summed E-state index contributed by atoms with van der Waals surface area (Å²) >= 11 is 0. The van der Waals surface area contributed by atoms with Crippen LogP contribution in [-0.2, 0) is 14.4 Å². The standard InChI is InChI=1S/C16H20O7/c1-23-13-4-2-3-11(8-13)12(9-16(21)22)5-10(6-14(17)18)7-15(19)20/h2-4,8,10,12H,5-7,9H2,1H3,(H,17,18)(H,19,20)(H,21,22)/t12-/m1/s1. The second-order valence-corrected chi connectivity index (χ2v) is 5.37. The maximum absolute atomic E-state index is 11.1. The zero-order chi connectivity index (χ0) is 17.4. The first-order valence-corrected chi connectivity index (χ1v) is 7.11. The summed E-state index contributed by atoms with van der Waals surface area (Å²) in [6, 6.07) is 6.85. The van der Waals surface area contributed by atoms with Crippen LogP contribution in [0.5, 0.6) is 5.75 Å². The summed E-state index contributed by atoms with van der Waals surface area (Å²) in [5.41, 5.74) is 0.688. The Morgan fingerprint density at radius 3 is 2.04 bits per heavy atom. The number of hydrogen-bond acceptors (Lipinski definition) is 4. The van der Waals surface area contributed by atoms with Crippen molar-refractivity contribution in [2.75, 3.05) is 7.11 Å². The van der Waals surface area contributed by atoms with Crippen LogP contribution in [0.25, 0.3) is 0 Å². The fourth-order valence-corrected chi connectivity index (χ4v) is 2.58. The second kappa shape index (κ2) is 8.77. The first-order valence-electron chi connectivity index (χ1n) is 7.11. The van der Waals surface area contributed by atoms with Crippen molar-refractivity contribution in [2.24, 2.45) is 5.92 Å². The monoisotopic (exact) mass is 324 g/mol. The maximum atomic E-state index is 11.1. The number of aliphatic carboxylic acids is 3. The van der Waals surface area contributed by atoms with Gasteiger partial charge >= 0.3 is 17.9 Å². The van der Waals surface area contributed by atoms with Crippen molar-refractivity contribution in [3.63, 3.8) is 0 Å². The van der Waals surface area contributed by atoms with Crippen LogP contribution in [0.2, 0.25) is 0 Å². The van der Waals surface area contributed by atoms with Gasteiger partial charge < -0.3 is 20.1 Å². The van der Waals surface area contributed by atoms with Gasteiger partial charge in [0.15, 0.2) is 0 Å². The van der Waals surface area contributed by atoms with Crippen molar-refractivity contribution < 1.29 is 34.4 Å². The molecule has 23 heavy (non-hydrogen) atoms. The Labute approximate surface area is 133 Å². The third-order valence-electron chi connectivity index (χ3n) is 3.53. The molecule has 1 aromatic carbocycles. The predicted octanol–water partition coefficient (Wildman–Crippen LogP) is 2.21. The van der Waals surface area contributed by atoms with E-state index in [4.69, 9.17) is 20.1 Å². The Morgan fingerprint density at radius 1 is 1.00 bits per heavy atom. The van der Waals surface area contributed by atoms with Crippen molar-refractivity contribution in [3.05, 3.63) is 29.8 Å². The van der Waals surface area contributed by atoms with Crippen LogP contribution >= 0.6 is 0 Å². The summed E-state index contributed by atoms with van der Waals surface area (Å²) in [5, 5.41) is 26.9. The molecule has 0 saturated heterocycles. The lowest BCUT2D eigenvalue weighted by atomic mass is 9.83. The van der Waals surface area contributed by atoms with Gasteiger partial charge in [-0.3, -0.25) is 14.4 Å². The van der Waals surface area contributed by atoms with E-state index < -0.39 is 29.7 Å². The minimum absolute atomic E-state index is 0.165. The quantitative estimate of drug-likeness (QED) is 0.603. The second-order valence-electron chi connectivity index (χ2n) is 5.37. The van der Waals surface area contributed by atoms with E-state index in [0.717, 1.165) is 0 Å². The van der Waals surface area contributed by atoms with Crippen molar-refractivity contribution in [1.82, 2.24) is 0 Å². The van der Waals surface area contributed by atoms with Gasteiger partial charge in [-0.2, -0.15) is 0 Å². The molecule has 0 radical (unpaired) electrons. The highest BCUT2D eigenvalue weighted by Crippen LogP contribution is 2.32. The summed E-state index contributed by atoms with van der Waals surface area (Å²) in [4.78, 5) is 32.9. The number of rotatable bonds is 10. The summed E-state index contributed by atoms with van der Waals surface area (Å²) in [5.74, 6) is -3.79. The topological polar surface area (TPSA) is 121 Å². The average Bonchev–Trinajstić information content (AvgIpc) is 2.44. The van der Waals surface area contributed by atoms with Crippen LogP contribution in [0.1, 0.15) is 37.2 Å². The van der Waals surface area contributed by atoms with Gasteiger partial charge in [-0.15, -0.1) is 0 Å². The Morgan fingerprint density at radius 2 is 1.57 bits per heavy atom. The van der Waals surface area contributed by atoms with Crippen LogP contribution in [0.4, 0.5) is 0 Å². The van der Waals surface area contributed by atoms with Crippen LogP contribution < -0.4 is 4.74 Å². The molecule has 0 fully saturated rings. The smallest absolute Gasteiger partial charge is 0.303 e. The molecule has 126 valence electrons. The molecule has 0 spiro atoms. The molecule has 0 saturated carbocycles. The number of hydrogen-bond donors (Lipinski definition) is 3. The number of methoxy groups -OCH3 is 1. The van der Waals surface area contributed by atoms with Gasteiger partial charge in [0.2, 0.25) is 0 Å². The highest BCUT2D eigenvalue weighted by atomic mass is 16.5. The Bertz CT molecular complexity index is 551. The van der Waals surface area contributed by atoms with E-state index in [0.29, 0.717) is 11.3 Å². The summed E-state index contributed by atoms with van der Waals surface area (Å²) in [7, 11) is 1.49. The van der Waals surface area contributed by atoms with Crippen molar-refractivity contribution in [3.8, 4) is 5.75 Å². The van der Waals surface area contributed by atoms with Gasteiger partial charge in [0, 0.05) is 12.8 Å². The molecule has 7 heteroatoms. The maximum Gasteiger partial charge on any atom is 0.303 e. The van der Waals surface area contributed by atoms with E-state index in [1.54, 1.807) is 24.3 Å². The Hall–Kier alpha value is -2.57. The third kappa shape index (κ3) is 6.82. The first kappa shape index (κ1) is 18.5. The lowest BCUT2D eigenvalue weighted by molar-refractivity contribution is -0.140. The van der Waals surface area contributed by atoms with Gasteiger partial charge in [0.25, 0.3) is 0 Å². The molecule has 3 N–H and O–H groups in total. The Balaban J connectivity index is 3.00. The zero-order valence-electron chi connectivity index (χ0n) is 12.8. The van der Waals surface area contributed by atoms with E-state index in [2.05, 4.69) is 0 Å². The van der Waals surface area contributed by atoms with E-state index in [1.807, 2.05) is 0 Å². The van der Waals surface area contributed by atoms with E-state index >= 15 is 0 Å². The minimum Gasteiger partial charge on any atom is -0.497 e. The predicted molar refractivity (Wildman–Crippen MR) is 80.6 cm³/mol. The zero-order valence-corrected chi connectivity index (χ0v) is 12.8. The fourth-order valence-electron chi connectivity index (χ4n) is 2.58.